The minimum atomic E-state index is -0.233. The van der Waals surface area contributed by atoms with Crippen LogP contribution < -0.4 is 20.5 Å². The number of hydrogen-bond acceptors (Lipinski definition) is 7. The van der Waals surface area contributed by atoms with E-state index in [1.807, 2.05) is 6.07 Å². The largest absolute Gasteiger partial charge is 0.493 e. The van der Waals surface area contributed by atoms with Crippen molar-refractivity contribution in [2.45, 2.75) is 0 Å². The van der Waals surface area contributed by atoms with E-state index in [0.29, 0.717) is 32.6 Å². The number of methoxy groups -OCH3 is 2. The zero-order valence-corrected chi connectivity index (χ0v) is 13.2. The number of hydrogen-bond donors (Lipinski definition) is 2. The minimum Gasteiger partial charge on any atom is -0.493 e. The van der Waals surface area contributed by atoms with Crippen molar-refractivity contribution >= 4 is 27.8 Å². The van der Waals surface area contributed by atoms with Gasteiger partial charge in [-0.25, -0.2) is 0 Å². The molecule has 1 aromatic heterocycles. The van der Waals surface area contributed by atoms with Crippen molar-refractivity contribution in [1.82, 2.24) is 0 Å². The van der Waals surface area contributed by atoms with E-state index in [-0.39, 0.29) is 11.3 Å². The highest BCUT2D eigenvalue weighted by Gasteiger charge is 2.23. The fourth-order valence-corrected chi connectivity index (χ4v) is 3.05. The fraction of sp³-hybridized carbons (Fsp3) is 0.200. The van der Waals surface area contributed by atoms with Crippen molar-refractivity contribution in [3.8, 4) is 17.6 Å². The van der Waals surface area contributed by atoms with E-state index in [1.54, 1.807) is 25.2 Å². The number of benzene rings is 1. The number of ether oxygens (including phenoxy) is 2. The van der Waals surface area contributed by atoms with Gasteiger partial charge in [0, 0.05) is 12.6 Å². The standard InChI is InChI=1S/C15H15N3O3S/c1-18-12-9(7-16)15(17)22-14(12)13(19)8-4-5-10(20-2)11(6-8)21-3/h4-6,18H,17H2,1-3H3. The second-order valence-electron chi connectivity index (χ2n) is 4.31. The Morgan fingerprint density at radius 3 is 2.55 bits per heavy atom. The Morgan fingerprint density at radius 2 is 2.00 bits per heavy atom. The molecule has 0 aliphatic carbocycles. The number of rotatable bonds is 5. The number of ketones is 1. The summed E-state index contributed by atoms with van der Waals surface area (Å²) in [4.78, 5) is 13.1. The summed E-state index contributed by atoms with van der Waals surface area (Å²) >= 11 is 1.09. The number of carbonyl (C=O) groups is 1. The molecule has 0 fully saturated rings. The molecule has 0 atom stereocenters. The number of nitrogens with one attached hydrogen (secondary N) is 1. The lowest BCUT2D eigenvalue weighted by Crippen LogP contribution is -2.04. The Labute approximate surface area is 132 Å². The number of nitrogens with zero attached hydrogens (tertiary/aromatic N) is 1. The van der Waals surface area contributed by atoms with Crippen molar-refractivity contribution < 1.29 is 14.3 Å². The van der Waals surface area contributed by atoms with Gasteiger partial charge in [-0.2, -0.15) is 5.26 Å². The first kappa shape index (κ1) is 15.7. The Balaban J connectivity index is 2.51. The monoisotopic (exact) mass is 317 g/mol. The van der Waals surface area contributed by atoms with Gasteiger partial charge in [0.25, 0.3) is 0 Å². The van der Waals surface area contributed by atoms with E-state index < -0.39 is 0 Å². The lowest BCUT2D eigenvalue weighted by Gasteiger charge is -2.09. The highest BCUT2D eigenvalue weighted by molar-refractivity contribution is 7.19. The molecule has 0 bridgehead atoms. The summed E-state index contributed by atoms with van der Waals surface area (Å²) < 4.78 is 10.4. The molecule has 0 saturated carbocycles. The molecule has 0 aliphatic heterocycles. The molecule has 7 heteroatoms. The minimum absolute atomic E-state index is 0.233. The summed E-state index contributed by atoms with van der Waals surface area (Å²) in [7, 11) is 4.67. The van der Waals surface area contributed by atoms with E-state index in [0.717, 1.165) is 11.3 Å². The summed E-state index contributed by atoms with van der Waals surface area (Å²) in [6.07, 6.45) is 0. The van der Waals surface area contributed by atoms with Crippen LogP contribution in [0.5, 0.6) is 11.5 Å². The number of nitriles is 1. The van der Waals surface area contributed by atoms with Gasteiger partial charge in [-0.1, -0.05) is 0 Å². The van der Waals surface area contributed by atoms with Crippen LogP contribution >= 0.6 is 11.3 Å². The molecule has 6 nitrogen and oxygen atoms in total. The maximum Gasteiger partial charge on any atom is 0.205 e. The first-order chi connectivity index (χ1) is 10.6. The Morgan fingerprint density at radius 1 is 1.32 bits per heavy atom. The molecule has 22 heavy (non-hydrogen) atoms. The van der Waals surface area contributed by atoms with Gasteiger partial charge in [0.1, 0.15) is 21.5 Å². The third-order valence-corrected chi connectivity index (χ3v) is 4.17. The van der Waals surface area contributed by atoms with Crippen molar-refractivity contribution in [2.75, 3.05) is 32.3 Å². The van der Waals surface area contributed by atoms with Crippen LogP contribution in [0.4, 0.5) is 10.7 Å². The molecule has 0 radical (unpaired) electrons. The molecule has 1 aromatic carbocycles. The van der Waals surface area contributed by atoms with Gasteiger partial charge in [0.15, 0.2) is 11.5 Å². The maximum atomic E-state index is 12.7. The van der Waals surface area contributed by atoms with Crippen molar-refractivity contribution in [1.29, 1.82) is 5.26 Å². The Hall–Kier alpha value is -2.72. The number of nitrogen functional groups attached to an aromatic ring is 1. The lowest BCUT2D eigenvalue weighted by atomic mass is 10.1. The first-order valence-corrected chi connectivity index (χ1v) is 7.15. The third kappa shape index (κ3) is 2.56. The van der Waals surface area contributed by atoms with Crippen LogP contribution in [-0.4, -0.2) is 27.1 Å². The molecular formula is C15H15N3O3S. The van der Waals surface area contributed by atoms with Gasteiger partial charge in [0.2, 0.25) is 5.78 Å². The number of carbonyl (C=O) groups excluding carboxylic acids is 1. The highest BCUT2D eigenvalue weighted by Crippen LogP contribution is 2.37. The normalized spacial score (nSPS) is 9.91. The molecule has 114 valence electrons. The molecule has 1 heterocycles. The van der Waals surface area contributed by atoms with Crippen molar-refractivity contribution in [3.05, 3.63) is 34.2 Å². The second-order valence-corrected chi connectivity index (χ2v) is 5.36. The molecule has 3 N–H and O–H groups in total. The molecule has 0 unspecified atom stereocenters. The fourth-order valence-electron chi connectivity index (χ4n) is 2.07. The second kappa shape index (κ2) is 6.37. The van der Waals surface area contributed by atoms with Gasteiger partial charge < -0.3 is 20.5 Å². The SMILES string of the molecule is CNc1c(C(=O)c2ccc(OC)c(OC)c2)sc(N)c1C#N. The molecular weight excluding hydrogens is 302 g/mol. The predicted octanol–water partition coefficient (Wildman–Crippen LogP) is 2.49. The molecule has 0 spiro atoms. The molecule has 0 aliphatic rings. The van der Waals surface area contributed by atoms with Gasteiger partial charge in [-0.3, -0.25) is 4.79 Å². The predicted molar refractivity (Wildman–Crippen MR) is 86.0 cm³/mol. The summed E-state index contributed by atoms with van der Waals surface area (Å²) in [5.74, 6) is 0.768. The summed E-state index contributed by atoms with van der Waals surface area (Å²) in [5.41, 5.74) is 6.97. The molecule has 0 amide bonds. The van der Waals surface area contributed by atoms with Gasteiger partial charge >= 0.3 is 0 Å². The average molecular weight is 317 g/mol. The van der Waals surface area contributed by atoms with E-state index >= 15 is 0 Å². The number of anilines is 2. The van der Waals surface area contributed by atoms with Crippen molar-refractivity contribution in [2.24, 2.45) is 0 Å². The van der Waals surface area contributed by atoms with E-state index in [2.05, 4.69) is 5.32 Å². The van der Waals surface area contributed by atoms with Crippen LogP contribution in [0.25, 0.3) is 0 Å². The van der Waals surface area contributed by atoms with E-state index in [1.165, 1.54) is 14.2 Å². The quantitative estimate of drug-likeness (QED) is 0.822. The van der Waals surface area contributed by atoms with Crippen LogP contribution in [0.15, 0.2) is 18.2 Å². The number of nitrogens with two attached hydrogens (primary N) is 1. The number of thiophene rings is 1. The van der Waals surface area contributed by atoms with Gasteiger partial charge in [-0.05, 0) is 18.2 Å². The molecule has 2 rings (SSSR count). The summed E-state index contributed by atoms with van der Waals surface area (Å²) in [6, 6.07) is 6.91. The molecule has 2 aromatic rings. The lowest BCUT2D eigenvalue weighted by molar-refractivity contribution is 0.104. The topological polar surface area (TPSA) is 97.4 Å². The zero-order valence-electron chi connectivity index (χ0n) is 12.4. The average Bonchev–Trinajstić information content (AvgIpc) is 2.88. The van der Waals surface area contributed by atoms with Crippen LogP contribution in [0.2, 0.25) is 0 Å². The summed E-state index contributed by atoms with van der Waals surface area (Å²) in [6.45, 7) is 0. The van der Waals surface area contributed by atoms with Crippen LogP contribution in [0.1, 0.15) is 20.8 Å². The summed E-state index contributed by atoms with van der Waals surface area (Å²) in [5, 5.41) is 12.3. The highest BCUT2D eigenvalue weighted by atomic mass is 32.1. The van der Waals surface area contributed by atoms with E-state index in [4.69, 9.17) is 20.5 Å². The Kier molecular flexibility index (Phi) is 4.53. The van der Waals surface area contributed by atoms with Gasteiger partial charge in [0.05, 0.1) is 19.9 Å². The third-order valence-electron chi connectivity index (χ3n) is 3.15. The van der Waals surface area contributed by atoms with E-state index in [9.17, 15) is 4.79 Å². The first-order valence-electron chi connectivity index (χ1n) is 6.34. The Bertz CT molecular complexity index is 762. The van der Waals surface area contributed by atoms with Crippen molar-refractivity contribution in [3.63, 3.8) is 0 Å². The molecule has 0 saturated heterocycles. The van der Waals surface area contributed by atoms with Crippen LogP contribution in [0, 0.1) is 11.3 Å². The van der Waals surface area contributed by atoms with Crippen LogP contribution in [0.3, 0.4) is 0 Å². The van der Waals surface area contributed by atoms with Gasteiger partial charge in [-0.15, -0.1) is 11.3 Å². The van der Waals surface area contributed by atoms with Crippen LogP contribution in [-0.2, 0) is 0 Å². The smallest absolute Gasteiger partial charge is 0.205 e. The maximum absolute atomic E-state index is 12.7. The zero-order chi connectivity index (χ0) is 16.3.